The molecule has 1 heterocycles. The lowest BCUT2D eigenvalue weighted by Gasteiger charge is -2.37. The lowest BCUT2D eigenvalue weighted by atomic mass is 9.79. The zero-order chi connectivity index (χ0) is 14.8. The molecule has 2 aliphatic rings. The quantitative estimate of drug-likeness (QED) is 0.924. The van der Waals surface area contributed by atoms with Gasteiger partial charge in [-0.25, -0.2) is 0 Å². The summed E-state index contributed by atoms with van der Waals surface area (Å²) in [5.74, 6) is 0.705. The summed E-state index contributed by atoms with van der Waals surface area (Å²) >= 11 is 0. The van der Waals surface area contributed by atoms with E-state index in [1.54, 1.807) is 0 Å². The molecule has 0 bridgehead atoms. The number of morpholine rings is 1. The van der Waals surface area contributed by atoms with Crippen LogP contribution in [0.25, 0.3) is 0 Å². The van der Waals surface area contributed by atoms with Gasteiger partial charge in [-0.15, -0.1) is 0 Å². The van der Waals surface area contributed by atoms with Gasteiger partial charge in [-0.1, -0.05) is 30.7 Å². The second-order valence-corrected chi connectivity index (χ2v) is 6.74. The summed E-state index contributed by atoms with van der Waals surface area (Å²) in [6.07, 6.45) is 3.29. The third kappa shape index (κ3) is 3.31. The van der Waals surface area contributed by atoms with Gasteiger partial charge >= 0.3 is 0 Å². The van der Waals surface area contributed by atoms with Crippen LogP contribution >= 0.6 is 0 Å². The van der Waals surface area contributed by atoms with Crippen molar-refractivity contribution in [1.82, 2.24) is 4.90 Å². The molecule has 1 N–H and O–H groups in total. The van der Waals surface area contributed by atoms with E-state index in [2.05, 4.69) is 36.9 Å². The monoisotopic (exact) mass is 289 g/mol. The molecule has 0 radical (unpaired) electrons. The molecular weight excluding hydrogens is 262 g/mol. The van der Waals surface area contributed by atoms with E-state index in [0.717, 1.165) is 18.7 Å². The number of hydrogen-bond donors (Lipinski definition) is 1. The summed E-state index contributed by atoms with van der Waals surface area (Å²) in [7, 11) is 0. The van der Waals surface area contributed by atoms with Crippen LogP contribution in [0.15, 0.2) is 24.3 Å². The van der Waals surface area contributed by atoms with Crippen LogP contribution in [0.2, 0.25) is 0 Å². The highest BCUT2D eigenvalue weighted by molar-refractivity contribution is 5.29. The Bertz CT molecular complexity index is 470. The van der Waals surface area contributed by atoms with Crippen LogP contribution in [-0.4, -0.2) is 41.8 Å². The maximum Gasteiger partial charge on any atom is 0.106 e. The van der Waals surface area contributed by atoms with Gasteiger partial charge in [0.2, 0.25) is 0 Å². The van der Waals surface area contributed by atoms with Gasteiger partial charge in [-0.2, -0.15) is 0 Å². The molecule has 2 atom stereocenters. The molecule has 1 aliphatic heterocycles. The molecule has 2 unspecified atom stereocenters. The van der Waals surface area contributed by atoms with Crippen LogP contribution in [-0.2, 0) is 4.74 Å². The minimum atomic E-state index is -0.522. The van der Waals surface area contributed by atoms with E-state index < -0.39 is 6.10 Å². The number of hydrogen-bond acceptors (Lipinski definition) is 3. The van der Waals surface area contributed by atoms with Crippen molar-refractivity contribution in [3.8, 4) is 0 Å². The number of ether oxygens (including phenoxy) is 1. The molecule has 1 aromatic carbocycles. The third-order valence-electron chi connectivity index (χ3n) is 5.04. The van der Waals surface area contributed by atoms with E-state index in [4.69, 9.17) is 4.74 Å². The standard InChI is InChI=1S/C18H27NO2/c1-13(2)19-9-10-21-17(12-19)18(20)16-8-4-7-15(11-16)14-5-3-6-14/h4,7-8,11,13-14,17-18,20H,3,5-6,9-10,12H2,1-2H3. The number of aliphatic hydroxyl groups is 1. The molecule has 1 aliphatic carbocycles. The summed E-state index contributed by atoms with van der Waals surface area (Å²) in [6.45, 7) is 6.88. The van der Waals surface area contributed by atoms with Crippen LogP contribution in [0, 0.1) is 0 Å². The molecule has 0 amide bonds. The van der Waals surface area contributed by atoms with E-state index in [9.17, 15) is 5.11 Å². The lowest BCUT2D eigenvalue weighted by Crippen LogP contribution is -2.47. The zero-order valence-corrected chi connectivity index (χ0v) is 13.2. The molecule has 1 saturated carbocycles. The van der Waals surface area contributed by atoms with Crippen molar-refractivity contribution in [2.75, 3.05) is 19.7 Å². The topological polar surface area (TPSA) is 32.7 Å². The van der Waals surface area contributed by atoms with Crippen molar-refractivity contribution in [3.63, 3.8) is 0 Å². The third-order valence-corrected chi connectivity index (χ3v) is 5.04. The molecule has 3 nitrogen and oxygen atoms in total. The Hall–Kier alpha value is -0.900. The van der Waals surface area contributed by atoms with Gasteiger partial charge in [0.05, 0.1) is 6.61 Å². The number of nitrogens with zero attached hydrogens (tertiary/aromatic N) is 1. The number of benzene rings is 1. The Morgan fingerprint density at radius 1 is 1.29 bits per heavy atom. The zero-order valence-electron chi connectivity index (χ0n) is 13.2. The minimum Gasteiger partial charge on any atom is -0.386 e. The Balaban J connectivity index is 1.70. The van der Waals surface area contributed by atoms with Crippen molar-refractivity contribution in [1.29, 1.82) is 0 Å². The first-order valence-electron chi connectivity index (χ1n) is 8.28. The Labute approximate surface area is 127 Å². The maximum atomic E-state index is 10.7. The summed E-state index contributed by atoms with van der Waals surface area (Å²) in [4.78, 5) is 2.38. The SMILES string of the molecule is CC(C)N1CCOC(C(O)c2cccc(C3CCC3)c2)C1. The second-order valence-electron chi connectivity index (χ2n) is 6.74. The largest absolute Gasteiger partial charge is 0.386 e. The van der Waals surface area contributed by atoms with Gasteiger partial charge in [0.1, 0.15) is 12.2 Å². The van der Waals surface area contributed by atoms with E-state index in [1.165, 1.54) is 24.8 Å². The first-order valence-corrected chi connectivity index (χ1v) is 8.28. The molecule has 21 heavy (non-hydrogen) atoms. The Morgan fingerprint density at radius 2 is 2.10 bits per heavy atom. The van der Waals surface area contributed by atoms with Crippen molar-refractivity contribution < 1.29 is 9.84 Å². The fourth-order valence-electron chi connectivity index (χ4n) is 3.31. The summed E-state index contributed by atoms with van der Waals surface area (Å²) in [6, 6.07) is 9.00. The molecule has 0 spiro atoms. The highest BCUT2D eigenvalue weighted by atomic mass is 16.5. The molecular formula is C18H27NO2. The average molecular weight is 289 g/mol. The minimum absolute atomic E-state index is 0.113. The average Bonchev–Trinajstić information content (AvgIpc) is 2.45. The first kappa shape index (κ1) is 15.0. The van der Waals surface area contributed by atoms with Crippen molar-refractivity contribution in [2.45, 2.75) is 57.3 Å². The van der Waals surface area contributed by atoms with E-state index in [1.807, 2.05) is 6.07 Å². The molecule has 116 valence electrons. The molecule has 2 fully saturated rings. The summed E-state index contributed by atoms with van der Waals surface area (Å²) in [5.41, 5.74) is 2.39. The van der Waals surface area contributed by atoms with Crippen LogP contribution < -0.4 is 0 Å². The van der Waals surface area contributed by atoms with Crippen LogP contribution in [0.4, 0.5) is 0 Å². The summed E-state index contributed by atoms with van der Waals surface area (Å²) in [5, 5.41) is 10.7. The van der Waals surface area contributed by atoms with Crippen molar-refractivity contribution >= 4 is 0 Å². The van der Waals surface area contributed by atoms with Gasteiger partial charge < -0.3 is 9.84 Å². The van der Waals surface area contributed by atoms with Crippen LogP contribution in [0.1, 0.15) is 56.3 Å². The molecule has 1 aromatic rings. The van der Waals surface area contributed by atoms with Gasteiger partial charge in [-0.05, 0) is 43.7 Å². The summed E-state index contributed by atoms with van der Waals surface area (Å²) < 4.78 is 5.82. The van der Waals surface area contributed by atoms with Gasteiger partial charge in [0.15, 0.2) is 0 Å². The van der Waals surface area contributed by atoms with Crippen LogP contribution in [0.3, 0.4) is 0 Å². The van der Waals surface area contributed by atoms with Gasteiger partial charge in [0.25, 0.3) is 0 Å². The number of aliphatic hydroxyl groups excluding tert-OH is 1. The van der Waals surface area contributed by atoms with Crippen LogP contribution in [0.5, 0.6) is 0 Å². The smallest absolute Gasteiger partial charge is 0.106 e. The van der Waals surface area contributed by atoms with Crippen molar-refractivity contribution in [2.24, 2.45) is 0 Å². The molecule has 1 saturated heterocycles. The highest BCUT2D eigenvalue weighted by Crippen LogP contribution is 2.37. The second kappa shape index (κ2) is 6.47. The fraction of sp³-hybridized carbons (Fsp3) is 0.667. The molecule has 3 heteroatoms. The van der Waals surface area contributed by atoms with Crippen molar-refractivity contribution in [3.05, 3.63) is 35.4 Å². The lowest BCUT2D eigenvalue weighted by molar-refractivity contribution is -0.0961. The van der Waals surface area contributed by atoms with E-state index >= 15 is 0 Å². The normalized spacial score (nSPS) is 25.8. The van der Waals surface area contributed by atoms with Gasteiger partial charge in [-0.3, -0.25) is 4.90 Å². The maximum absolute atomic E-state index is 10.7. The molecule has 3 rings (SSSR count). The predicted octanol–water partition coefficient (Wildman–Crippen LogP) is 3.10. The van der Waals surface area contributed by atoms with Gasteiger partial charge in [0, 0.05) is 19.1 Å². The fourth-order valence-corrected chi connectivity index (χ4v) is 3.31. The predicted molar refractivity (Wildman–Crippen MR) is 84.4 cm³/mol. The van der Waals surface area contributed by atoms with E-state index in [0.29, 0.717) is 18.6 Å². The molecule has 0 aromatic heterocycles. The highest BCUT2D eigenvalue weighted by Gasteiger charge is 2.29. The Morgan fingerprint density at radius 3 is 2.76 bits per heavy atom. The number of rotatable bonds is 4. The Kier molecular flexibility index (Phi) is 4.63. The van der Waals surface area contributed by atoms with E-state index in [-0.39, 0.29) is 6.10 Å². The first-order chi connectivity index (χ1) is 10.1.